The van der Waals surface area contributed by atoms with Crippen LogP contribution in [0, 0.1) is 23.5 Å². The van der Waals surface area contributed by atoms with Crippen LogP contribution >= 0.6 is 0 Å². The highest BCUT2D eigenvalue weighted by Crippen LogP contribution is 2.38. The molecule has 0 bridgehead atoms. The maximum absolute atomic E-state index is 13.4. The zero-order chi connectivity index (χ0) is 18.1. The van der Waals surface area contributed by atoms with E-state index < -0.39 is 11.6 Å². The Morgan fingerprint density at radius 3 is 2.48 bits per heavy atom. The lowest BCUT2D eigenvalue weighted by molar-refractivity contribution is -0.117. The predicted molar refractivity (Wildman–Crippen MR) is 91.4 cm³/mol. The van der Waals surface area contributed by atoms with Gasteiger partial charge in [-0.15, -0.1) is 0 Å². The first-order chi connectivity index (χ1) is 11.9. The van der Waals surface area contributed by atoms with Crippen LogP contribution in [0.25, 0.3) is 0 Å². The van der Waals surface area contributed by atoms with Gasteiger partial charge in [-0.05, 0) is 42.7 Å². The number of carbonyl (C=O) groups is 2. The molecule has 0 aromatic heterocycles. The normalized spacial score (nSPS) is 18.6. The molecule has 0 spiro atoms. The smallest absolute Gasteiger partial charge is 0.258 e. The predicted octanol–water partition coefficient (Wildman–Crippen LogP) is 3.84. The monoisotopic (exact) mass is 344 g/mol. The van der Waals surface area contributed by atoms with Crippen LogP contribution in [-0.2, 0) is 4.79 Å². The molecule has 1 aliphatic carbocycles. The maximum Gasteiger partial charge on any atom is 0.258 e. The van der Waals surface area contributed by atoms with E-state index >= 15 is 0 Å². The highest BCUT2D eigenvalue weighted by Gasteiger charge is 2.39. The van der Waals surface area contributed by atoms with Crippen molar-refractivity contribution in [3.63, 3.8) is 0 Å². The summed E-state index contributed by atoms with van der Waals surface area (Å²) >= 11 is 0. The SMILES string of the molecule is CC1CC1C(=O)Nc1cccc(C(=O)N(C)c2ccc(F)c(F)c2)c1. The second-order valence-corrected chi connectivity index (χ2v) is 6.35. The van der Waals surface area contributed by atoms with Gasteiger partial charge < -0.3 is 10.2 Å². The molecule has 0 heterocycles. The highest BCUT2D eigenvalue weighted by molar-refractivity contribution is 6.06. The minimum atomic E-state index is -1.02. The molecule has 25 heavy (non-hydrogen) atoms. The van der Waals surface area contributed by atoms with Crippen molar-refractivity contribution in [3.05, 3.63) is 59.7 Å². The van der Waals surface area contributed by atoms with Crippen molar-refractivity contribution in [2.45, 2.75) is 13.3 Å². The van der Waals surface area contributed by atoms with Crippen molar-refractivity contribution >= 4 is 23.2 Å². The lowest BCUT2D eigenvalue weighted by atomic mass is 10.1. The Balaban J connectivity index is 1.76. The molecule has 6 heteroatoms. The third-order valence-electron chi connectivity index (χ3n) is 4.42. The van der Waals surface area contributed by atoms with Gasteiger partial charge in [-0.25, -0.2) is 8.78 Å². The standard InChI is InChI=1S/C19H18F2N2O2/c1-11-8-15(11)18(24)22-13-5-3-4-12(9-13)19(25)23(2)14-6-7-16(20)17(21)10-14/h3-7,9-11,15H,8H2,1-2H3,(H,22,24). The summed E-state index contributed by atoms with van der Waals surface area (Å²) in [6, 6.07) is 9.82. The molecule has 1 N–H and O–H groups in total. The van der Waals surface area contributed by atoms with Crippen LogP contribution in [0.15, 0.2) is 42.5 Å². The van der Waals surface area contributed by atoms with Gasteiger partial charge in [0.25, 0.3) is 5.91 Å². The Morgan fingerprint density at radius 2 is 1.84 bits per heavy atom. The molecule has 2 aromatic rings. The van der Waals surface area contributed by atoms with Gasteiger partial charge in [0.05, 0.1) is 0 Å². The number of carbonyl (C=O) groups excluding carboxylic acids is 2. The second kappa shape index (κ2) is 6.63. The number of nitrogens with zero attached hydrogens (tertiary/aromatic N) is 1. The summed E-state index contributed by atoms with van der Waals surface area (Å²) in [5, 5.41) is 2.81. The molecule has 2 aromatic carbocycles. The van der Waals surface area contributed by atoms with Crippen molar-refractivity contribution in [1.82, 2.24) is 0 Å². The largest absolute Gasteiger partial charge is 0.326 e. The molecule has 130 valence electrons. The van der Waals surface area contributed by atoms with E-state index in [1.807, 2.05) is 6.92 Å². The Labute approximate surface area is 144 Å². The first-order valence-electron chi connectivity index (χ1n) is 8.01. The van der Waals surface area contributed by atoms with Crippen LogP contribution in [-0.4, -0.2) is 18.9 Å². The molecule has 1 aliphatic rings. The number of halogens is 2. The van der Waals surface area contributed by atoms with Crippen LogP contribution in [0.4, 0.5) is 20.2 Å². The molecule has 2 amide bonds. The second-order valence-electron chi connectivity index (χ2n) is 6.35. The fourth-order valence-electron chi connectivity index (χ4n) is 2.66. The fourth-order valence-corrected chi connectivity index (χ4v) is 2.66. The van der Waals surface area contributed by atoms with E-state index in [9.17, 15) is 18.4 Å². The summed E-state index contributed by atoms with van der Waals surface area (Å²) in [6.07, 6.45) is 0.878. The molecule has 0 saturated heterocycles. The van der Waals surface area contributed by atoms with Crippen molar-refractivity contribution in [2.24, 2.45) is 11.8 Å². The summed E-state index contributed by atoms with van der Waals surface area (Å²) in [6.45, 7) is 2.01. The van der Waals surface area contributed by atoms with Crippen LogP contribution in [0.5, 0.6) is 0 Å². The summed E-state index contributed by atoms with van der Waals surface area (Å²) in [5.74, 6) is -2.00. The molecule has 3 rings (SSSR count). The van der Waals surface area contributed by atoms with Crippen molar-refractivity contribution < 1.29 is 18.4 Å². The summed E-state index contributed by atoms with van der Waals surface area (Å²) in [4.78, 5) is 25.8. The number of amides is 2. The van der Waals surface area contributed by atoms with Gasteiger partial charge in [-0.3, -0.25) is 9.59 Å². The first kappa shape index (κ1) is 17.1. The summed E-state index contributed by atoms with van der Waals surface area (Å²) < 4.78 is 26.4. The molecular weight excluding hydrogens is 326 g/mol. The van der Waals surface area contributed by atoms with Gasteiger partial charge in [0, 0.05) is 36.0 Å². The number of rotatable bonds is 4. The number of benzene rings is 2. The van der Waals surface area contributed by atoms with Gasteiger partial charge >= 0.3 is 0 Å². The molecular formula is C19H18F2N2O2. The molecule has 1 fully saturated rings. The number of anilines is 2. The molecule has 2 unspecified atom stereocenters. The van der Waals surface area contributed by atoms with Gasteiger partial charge in [-0.1, -0.05) is 13.0 Å². The van der Waals surface area contributed by atoms with E-state index in [2.05, 4.69) is 5.32 Å². The van der Waals surface area contributed by atoms with Crippen molar-refractivity contribution in [3.8, 4) is 0 Å². The fraction of sp³-hybridized carbons (Fsp3) is 0.263. The lowest BCUT2D eigenvalue weighted by Gasteiger charge is -2.18. The average Bonchev–Trinajstić information content (AvgIpc) is 3.33. The third kappa shape index (κ3) is 3.68. The lowest BCUT2D eigenvalue weighted by Crippen LogP contribution is -2.26. The van der Waals surface area contributed by atoms with Gasteiger partial charge in [0.2, 0.25) is 5.91 Å². The third-order valence-corrected chi connectivity index (χ3v) is 4.42. The number of nitrogens with one attached hydrogen (secondary N) is 1. The molecule has 1 saturated carbocycles. The van der Waals surface area contributed by atoms with Crippen LogP contribution in [0.3, 0.4) is 0 Å². The zero-order valence-corrected chi connectivity index (χ0v) is 13.9. The maximum atomic E-state index is 13.4. The Hall–Kier alpha value is -2.76. The zero-order valence-electron chi connectivity index (χ0n) is 13.9. The number of hydrogen-bond acceptors (Lipinski definition) is 2. The average molecular weight is 344 g/mol. The minimum absolute atomic E-state index is 0.0317. The molecule has 4 nitrogen and oxygen atoms in total. The minimum Gasteiger partial charge on any atom is -0.326 e. The van der Waals surface area contributed by atoms with Crippen LogP contribution < -0.4 is 10.2 Å². The van der Waals surface area contributed by atoms with Gasteiger partial charge in [0.1, 0.15) is 0 Å². The quantitative estimate of drug-likeness (QED) is 0.916. The summed E-state index contributed by atoms with van der Waals surface area (Å²) in [5.41, 5.74) is 1.12. The molecule has 0 aliphatic heterocycles. The first-order valence-corrected chi connectivity index (χ1v) is 8.01. The van der Waals surface area contributed by atoms with E-state index in [1.165, 1.54) is 18.0 Å². The van der Waals surface area contributed by atoms with Crippen molar-refractivity contribution in [2.75, 3.05) is 17.3 Å². The van der Waals surface area contributed by atoms with Crippen molar-refractivity contribution in [1.29, 1.82) is 0 Å². The van der Waals surface area contributed by atoms with Gasteiger partial charge in [0.15, 0.2) is 11.6 Å². The topological polar surface area (TPSA) is 49.4 Å². The highest BCUT2D eigenvalue weighted by atomic mass is 19.2. The Bertz CT molecular complexity index is 838. The van der Waals surface area contributed by atoms with Crippen LogP contribution in [0.1, 0.15) is 23.7 Å². The van der Waals surface area contributed by atoms with Crippen LogP contribution in [0.2, 0.25) is 0 Å². The molecule has 0 radical (unpaired) electrons. The van der Waals surface area contributed by atoms with E-state index in [1.54, 1.807) is 24.3 Å². The van der Waals surface area contributed by atoms with E-state index in [-0.39, 0.29) is 23.4 Å². The van der Waals surface area contributed by atoms with E-state index in [4.69, 9.17) is 0 Å². The van der Waals surface area contributed by atoms with Gasteiger partial charge in [-0.2, -0.15) is 0 Å². The number of hydrogen-bond donors (Lipinski definition) is 1. The van der Waals surface area contributed by atoms with E-state index in [0.29, 0.717) is 17.2 Å². The summed E-state index contributed by atoms with van der Waals surface area (Å²) in [7, 11) is 1.48. The Morgan fingerprint density at radius 1 is 1.12 bits per heavy atom. The Kier molecular flexibility index (Phi) is 4.53. The molecule has 2 atom stereocenters. The van der Waals surface area contributed by atoms with E-state index in [0.717, 1.165) is 18.6 Å².